The van der Waals surface area contributed by atoms with E-state index in [0.29, 0.717) is 31.2 Å². The molecular weight excluding hydrogens is 742 g/mol. The molecule has 318 valence electrons. The molecule has 7 rings (SSSR count). The second-order valence-electron chi connectivity index (χ2n) is 21.3. The molecule has 1 aromatic rings. The van der Waals surface area contributed by atoms with Gasteiger partial charge in [0.25, 0.3) is 0 Å². The fourth-order valence-corrected chi connectivity index (χ4v) is 14.4. The highest BCUT2D eigenvalue weighted by Crippen LogP contribution is 2.76. The van der Waals surface area contributed by atoms with Crippen LogP contribution in [0, 0.1) is 56.7 Å². The lowest BCUT2D eigenvalue weighted by Crippen LogP contribution is -2.64. The molecule has 8 heteroatoms. The average Bonchev–Trinajstić information content (AvgIpc) is 3.48. The summed E-state index contributed by atoms with van der Waals surface area (Å²) in [6, 6.07) is 8.04. The molecule has 0 bridgehead atoms. The van der Waals surface area contributed by atoms with Gasteiger partial charge < -0.3 is 15.3 Å². The zero-order chi connectivity index (χ0) is 42.0. The van der Waals surface area contributed by atoms with E-state index in [4.69, 9.17) is 11.6 Å². The monoisotopic (exact) mass is 814 g/mol. The van der Waals surface area contributed by atoms with Gasteiger partial charge in [0.15, 0.2) is 5.78 Å². The number of carbonyl (C=O) groups is 3. The summed E-state index contributed by atoms with van der Waals surface area (Å²) in [4.78, 5) is 45.4. The van der Waals surface area contributed by atoms with E-state index in [1.807, 2.05) is 12.1 Å². The lowest BCUT2D eigenvalue weighted by molar-refractivity contribution is -0.199. The van der Waals surface area contributed by atoms with E-state index in [1.165, 1.54) is 28.7 Å². The van der Waals surface area contributed by atoms with E-state index >= 15 is 0 Å². The lowest BCUT2D eigenvalue weighted by atomic mass is 9.33. The van der Waals surface area contributed by atoms with Gasteiger partial charge in [0.05, 0.1) is 11.3 Å². The molecule has 1 aromatic carbocycles. The van der Waals surface area contributed by atoms with Crippen molar-refractivity contribution >= 4 is 29.3 Å². The van der Waals surface area contributed by atoms with Crippen LogP contribution in [0.25, 0.3) is 0 Å². The van der Waals surface area contributed by atoms with E-state index in [-0.39, 0.29) is 51.1 Å². The Balaban J connectivity index is 1.13. The summed E-state index contributed by atoms with van der Waals surface area (Å²) < 4.78 is 0. The Morgan fingerprint density at radius 3 is 2.26 bits per heavy atom. The number of carbonyl (C=O) groups excluding carboxylic acids is 2. The van der Waals surface area contributed by atoms with Crippen molar-refractivity contribution in [1.29, 1.82) is 0 Å². The Kier molecular flexibility index (Phi) is 11.9. The fraction of sp³-hybridized carbons (Fsp3) is 0.700. The molecule has 0 unspecified atom stereocenters. The van der Waals surface area contributed by atoms with Crippen LogP contribution in [0.5, 0.6) is 0 Å². The Labute approximate surface area is 354 Å². The number of fused-ring (bicyclic) bond motifs is 7. The number of amides is 1. The largest absolute Gasteiger partial charge is 0.481 e. The van der Waals surface area contributed by atoms with Gasteiger partial charge in [0.1, 0.15) is 0 Å². The van der Waals surface area contributed by atoms with E-state index < -0.39 is 11.4 Å². The number of benzene rings is 1. The number of aliphatic carboxylic acids is 1. The van der Waals surface area contributed by atoms with Crippen molar-refractivity contribution in [2.24, 2.45) is 56.7 Å². The van der Waals surface area contributed by atoms with Crippen LogP contribution in [0.2, 0.25) is 5.02 Å². The van der Waals surface area contributed by atoms with Crippen LogP contribution in [0.3, 0.4) is 0 Å². The first kappa shape index (κ1) is 43.4. The first-order valence-corrected chi connectivity index (χ1v) is 23.0. The molecule has 6 aliphatic rings. The Bertz CT molecular complexity index is 1880. The van der Waals surface area contributed by atoms with Crippen LogP contribution in [0.15, 0.2) is 58.7 Å². The summed E-state index contributed by atoms with van der Waals surface area (Å²) in [7, 11) is 4.18. The first-order chi connectivity index (χ1) is 27.3. The Morgan fingerprint density at radius 2 is 1.62 bits per heavy atom. The van der Waals surface area contributed by atoms with Crippen molar-refractivity contribution < 1.29 is 19.5 Å². The van der Waals surface area contributed by atoms with Crippen molar-refractivity contribution in [3.63, 3.8) is 0 Å². The molecular formula is C50H72ClN3O4. The SMILES string of the molecule is CC(C)C1=C2[C@H]3CC[C@@H]4[C@@]5(C)CC=C(C6=CC[C@H](C(=O)O)CC6)C(C)(C)[C@H]5CC[C@@]4(C)[C@]3(C)CC[C@@]2(C(=O)NCCN(CCN(C)C)Cc2ccc(Cl)cc2)CC1=O. The molecule has 3 fully saturated rings. The molecule has 0 saturated heterocycles. The van der Waals surface area contributed by atoms with E-state index in [1.54, 1.807) is 0 Å². The quantitative estimate of drug-likeness (QED) is 0.219. The number of nitrogens with zero attached hydrogens (tertiary/aromatic N) is 2. The standard InChI is InChI=1S/C50H72ClN3O4/c1-32(2)42-39(55)30-50(45(58)52-26-27-54(29-28-53(8)9)31-33-10-16-36(51)17-11-33)25-24-48(6)38(43(42)50)18-19-41-47(5)22-20-37(34-12-14-35(15-13-34)44(56)57)46(3,4)40(47)21-23-49(41,48)7/h10-12,16-17,20,32,35,38,40-41H,13-15,18-19,21-31H2,1-9H3,(H,52,58)(H,56,57)/t35-,38+,40+,41+,47-,48+,49+,50+/m0/s1. The van der Waals surface area contributed by atoms with Crippen molar-refractivity contribution in [3.8, 4) is 0 Å². The highest BCUT2D eigenvalue weighted by molar-refractivity contribution is 6.30. The highest BCUT2D eigenvalue weighted by atomic mass is 35.5. The average molecular weight is 815 g/mol. The summed E-state index contributed by atoms with van der Waals surface area (Å²) in [6.07, 6.45) is 14.6. The topological polar surface area (TPSA) is 89.9 Å². The molecule has 0 radical (unpaired) electrons. The minimum absolute atomic E-state index is 0.00978. The number of Topliss-reactive ketones (excluding diaryl/α,β-unsaturated/α-hetero) is 1. The molecule has 58 heavy (non-hydrogen) atoms. The van der Waals surface area contributed by atoms with Gasteiger partial charge in [-0.2, -0.15) is 0 Å². The summed E-state index contributed by atoms with van der Waals surface area (Å²) in [5.74, 6) is 0.721. The van der Waals surface area contributed by atoms with Gasteiger partial charge in [-0.1, -0.05) is 84.4 Å². The molecule has 0 spiro atoms. The van der Waals surface area contributed by atoms with Crippen LogP contribution in [0.1, 0.15) is 125 Å². The highest BCUT2D eigenvalue weighted by Gasteiger charge is 2.70. The molecule has 7 nitrogen and oxygen atoms in total. The molecule has 0 heterocycles. The third-order valence-corrected chi connectivity index (χ3v) is 17.7. The van der Waals surface area contributed by atoms with Gasteiger partial charge in [0.2, 0.25) is 5.91 Å². The number of hydrogen-bond donors (Lipinski definition) is 2. The summed E-state index contributed by atoms with van der Waals surface area (Å²) >= 11 is 6.19. The van der Waals surface area contributed by atoms with Crippen LogP contribution in [0.4, 0.5) is 0 Å². The molecule has 2 N–H and O–H groups in total. The number of carboxylic acids is 1. The molecule has 6 aliphatic carbocycles. The van der Waals surface area contributed by atoms with Gasteiger partial charge in [-0.05, 0) is 164 Å². The van der Waals surface area contributed by atoms with Crippen molar-refractivity contribution in [1.82, 2.24) is 15.1 Å². The minimum atomic E-state index is -0.756. The molecule has 1 amide bonds. The number of nitrogens with one attached hydrogen (secondary N) is 1. The van der Waals surface area contributed by atoms with E-state index in [0.717, 1.165) is 88.1 Å². The maximum Gasteiger partial charge on any atom is 0.306 e. The normalized spacial score (nSPS) is 35.6. The summed E-state index contributed by atoms with van der Waals surface area (Å²) in [5, 5.41) is 13.8. The second-order valence-corrected chi connectivity index (χ2v) is 21.8. The number of halogens is 1. The number of ketones is 1. The first-order valence-electron chi connectivity index (χ1n) is 22.6. The lowest BCUT2D eigenvalue weighted by Gasteiger charge is -2.71. The third-order valence-electron chi connectivity index (χ3n) is 17.4. The fourth-order valence-electron chi connectivity index (χ4n) is 14.3. The van der Waals surface area contributed by atoms with E-state index in [9.17, 15) is 19.5 Å². The predicted octanol–water partition coefficient (Wildman–Crippen LogP) is 10.1. The molecule has 8 atom stereocenters. The molecule has 0 aromatic heterocycles. The van der Waals surface area contributed by atoms with Crippen molar-refractivity contribution in [3.05, 3.63) is 69.3 Å². The summed E-state index contributed by atoms with van der Waals surface area (Å²) in [6.45, 7) is 20.9. The number of allylic oxidation sites excluding steroid dienone is 5. The molecule has 0 aliphatic heterocycles. The van der Waals surface area contributed by atoms with Crippen LogP contribution in [-0.2, 0) is 20.9 Å². The van der Waals surface area contributed by atoms with Gasteiger partial charge in [0, 0.05) is 44.2 Å². The summed E-state index contributed by atoms with van der Waals surface area (Å²) in [5.41, 5.74) is 5.70. The van der Waals surface area contributed by atoms with Crippen molar-refractivity contribution in [2.45, 2.75) is 126 Å². The molecule has 3 saturated carbocycles. The number of carboxylic acid groups (broad SMARTS) is 1. The van der Waals surface area contributed by atoms with Gasteiger partial charge in [-0.3, -0.25) is 19.3 Å². The maximum absolute atomic E-state index is 14.8. The smallest absolute Gasteiger partial charge is 0.306 e. The number of hydrogen-bond acceptors (Lipinski definition) is 5. The number of likely N-dealkylation sites (N-methyl/N-ethyl adjacent to an activating group) is 1. The Hall–Kier alpha value is -2.74. The van der Waals surface area contributed by atoms with Crippen molar-refractivity contribution in [2.75, 3.05) is 40.3 Å². The minimum Gasteiger partial charge on any atom is -0.481 e. The van der Waals surface area contributed by atoms with Gasteiger partial charge in [-0.15, -0.1) is 0 Å². The third kappa shape index (κ3) is 7.19. The second kappa shape index (κ2) is 15.9. The zero-order valence-corrected chi connectivity index (χ0v) is 37.9. The van der Waals surface area contributed by atoms with Crippen LogP contribution >= 0.6 is 11.6 Å². The van der Waals surface area contributed by atoms with Crippen LogP contribution < -0.4 is 5.32 Å². The van der Waals surface area contributed by atoms with E-state index in [2.05, 4.69) is 102 Å². The zero-order valence-electron chi connectivity index (χ0n) is 37.1. The number of rotatable bonds is 12. The Morgan fingerprint density at radius 1 is 0.897 bits per heavy atom. The maximum atomic E-state index is 14.8. The van der Waals surface area contributed by atoms with Gasteiger partial charge in [-0.25, -0.2) is 0 Å². The predicted molar refractivity (Wildman–Crippen MR) is 234 cm³/mol. The van der Waals surface area contributed by atoms with Crippen LogP contribution in [-0.4, -0.2) is 72.8 Å². The van der Waals surface area contributed by atoms with Gasteiger partial charge >= 0.3 is 5.97 Å².